The number of rotatable bonds is 8. The zero-order valence-electron chi connectivity index (χ0n) is 16.4. The molecule has 1 rings (SSSR count). The molecular formula is C19H28ClN3O5. The minimum Gasteiger partial charge on any atom is -0.444 e. The van der Waals surface area contributed by atoms with E-state index in [0.717, 1.165) is 0 Å². The van der Waals surface area contributed by atoms with E-state index in [1.807, 2.05) is 0 Å². The number of hydrogen-bond acceptors (Lipinski definition) is 6. The minimum absolute atomic E-state index is 0.160. The molecule has 0 radical (unpaired) electrons. The lowest BCUT2D eigenvalue weighted by molar-refractivity contribution is -0.123. The number of nitrogens with two attached hydrogens (primary N) is 2. The summed E-state index contributed by atoms with van der Waals surface area (Å²) in [4.78, 5) is 37.8. The van der Waals surface area contributed by atoms with Crippen molar-refractivity contribution in [1.29, 1.82) is 0 Å². The minimum atomic E-state index is -1.21. The van der Waals surface area contributed by atoms with E-state index >= 15 is 0 Å². The van der Waals surface area contributed by atoms with Gasteiger partial charge in [0.15, 0.2) is 0 Å². The summed E-state index contributed by atoms with van der Waals surface area (Å²) >= 11 is 6.05. The Labute approximate surface area is 170 Å². The van der Waals surface area contributed by atoms with Gasteiger partial charge in [0.05, 0.1) is 0 Å². The SMILES string of the molecule is CC(C)(C)OC(=O)N(C(=O)OCc1ccccc1Cl)[C@@H](CCCCN)C(N)=O. The van der Waals surface area contributed by atoms with Crippen molar-refractivity contribution in [3.8, 4) is 0 Å². The third-order valence-electron chi connectivity index (χ3n) is 3.67. The molecule has 0 fully saturated rings. The summed E-state index contributed by atoms with van der Waals surface area (Å²) < 4.78 is 10.5. The second kappa shape index (κ2) is 10.9. The quantitative estimate of drug-likeness (QED) is 0.630. The van der Waals surface area contributed by atoms with Crippen LogP contribution in [0.5, 0.6) is 0 Å². The summed E-state index contributed by atoms with van der Waals surface area (Å²) in [6.45, 7) is 5.17. The van der Waals surface area contributed by atoms with E-state index in [4.69, 9.17) is 32.5 Å². The van der Waals surface area contributed by atoms with Crippen molar-refractivity contribution in [3.63, 3.8) is 0 Å². The maximum absolute atomic E-state index is 12.7. The summed E-state index contributed by atoms with van der Waals surface area (Å²) in [5.41, 5.74) is 10.6. The Hall–Kier alpha value is -2.32. The monoisotopic (exact) mass is 413 g/mol. The molecule has 0 spiro atoms. The van der Waals surface area contributed by atoms with Crippen LogP contribution in [0.25, 0.3) is 0 Å². The molecule has 1 aromatic rings. The number of nitrogens with zero attached hydrogens (tertiary/aromatic N) is 1. The zero-order valence-corrected chi connectivity index (χ0v) is 17.2. The first-order valence-electron chi connectivity index (χ1n) is 8.98. The van der Waals surface area contributed by atoms with Crippen LogP contribution in [-0.4, -0.2) is 41.2 Å². The molecule has 28 heavy (non-hydrogen) atoms. The number of halogens is 1. The number of amides is 3. The molecule has 0 heterocycles. The van der Waals surface area contributed by atoms with Crippen LogP contribution in [0.3, 0.4) is 0 Å². The Morgan fingerprint density at radius 1 is 1.14 bits per heavy atom. The maximum atomic E-state index is 12.7. The van der Waals surface area contributed by atoms with Crippen molar-refractivity contribution >= 4 is 29.7 Å². The van der Waals surface area contributed by atoms with Crippen LogP contribution in [0.1, 0.15) is 45.6 Å². The van der Waals surface area contributed by atoms with E-state index in [1.54, 1.807) is 45.0 Å². The summed E-state index contributed by atoms with van der Waals surface area (Å²) in [5, 5.41) is 0.411. The van der Waals surface area contributed by atoms with Crippen molar-refractivity contribution in [2.24, 2.45) is 11.5 Å². The van der Waals surface area contributed by atoms with Crippen molar-refractivity contribution in [2.45, 2.75) is 58.3 Å². The van der Waals surface area contributed by atoms with Gasteiger partial charge >= 0.3 is 12.2 Å². The van der Waals surface area contributed by atoms with Gasteiger partial charge in [-0.1, -0.05) is 29.8 Å². The van der Waals surface area contributed by atoms with E-state index < -0.39 is 29.7 Å². The first kappa shape index (κ1) is 23.7. The van der Waals surface area contributed by atoms with Crippen molar-refractivity contribution in [2.75, 3.05) is 6.54 Å². The van der Waals surface area contributed by atoms with Crippen LogP contribution >= 0.6 is 11.6 Å². The second-order valence-electron chi connectivity index (χ2n) is 7.20. The van der Waals surface area contributed by atoms with E-state index in [-0.39, 0.29) is 13.0 Å². The lowest BCUT2D eigenvalue weighted by Crippen LogP contribution is -2.52. The average Bonchev–Trinajstić information content (AvgIpc) is 2.58. The Bertz CT molecular complexity index is 690. The van der Waals surface area contributed by atoms with E-state index in [0.29, 0.717) is 34.9 Å². The maximum Gasteiger partial charge on any atom is 0.420 e. The Kier molecular flexibility index (Phi) is 9.21. The molecule has 9 heteroatoms. The van der Waals surface area contributed by atoms with Gasteiger partial charge in [-0.15, -0.1) is 0 Å². The standard InChI is InChI=1S/C19H28ClN3O5/c1-19(2,3)28-18(26)23(15(16(22)24)10-6-7-11-21)17(25)27-12-13-8-4-5-9-14(13)20/h4-5,8-9,15H,6-7,10-12,21H2,1-3H3,(H2,22,24)/t15-/m0/s1. The number of hydrogen-bond donors (Lipinski definition) is 2. The highest BCUT2D eigenvalue weighted by atomic mass is 35.5. The van der Waals surface area contributed by atoms with E-state index in [1.165, 1.54) is 0 Å². The molecule has 8 nitrogen and oxygen atoms in total. The molecular weight excluding hydrogens is 386 g/mol. The van der Waals surface area contributed by atoms with E-state index in [9.17, 15) is 14.4 Å². The number of primary amides is 1. The van der Waals surface area contributed by atoms with Gasteiger partial charge in [-0.25, -0.2) is 9.59 Å². The fourth-order valence-electron chi connectivity index (χ4n) is 2.35. The molecule has 0 aliphatic carbocycles. The van der Waals surface area contributed by atoms with Crippen LogP contribution < -0.4 is 11.5 Å². The highest BCUT2D eigenvalue weighted by Gasteiger charge is 2.37. The fourth-order valence-corrected chi connectivity index (χ4v) is 2.54. The second-order valence-corrected chi connectivity index (χ2v) is 7.61. The van der Waals surface area contributed by atoms with Crippen LogP contribution in [-0.2, 0) is 20.9 Å². The molecule has 0 unspecified atom stereocenters. The first-order chi connectivity index (χ1) is 13.1. The van der Waals surface area contributed by atoms with Crippen LogP contribution in [0, 0.1) is 0 Å². The predicted molar refractivity (Wildman–Crippen MR) is 106 cm³/mol. The number of benzene rings is 1. The Morgan fingerprint density at radius 2 is 1.79 bits per heavy atom. The number of ether oxygens (including phenoxy) is 2. The summed E-state index contributed by atoms with van der Waals surface area (Å²) in [5.74, 6) is -0.836. The van der Waals surface area contributed by atoms with Gasteiger partial charge in [-0.05, 0) is 52.6 Å². The third kappa shape index (κ3) is 7.74. The molecule has 4 N–H and O–H groups in total. The summed E-state index contributed by atoms with van der Waals surface area (Å²) in [6, 6.07) is 5.59. The van der Waals surface area contributed by atoms with Crippen LogP contribution in [0.4, 0.5) is 9.59 Å². The van der Waals surface area contributed by atoms with Gasteiger partial charge in [-0.2, -0.15) is 4.90 Å². The highest BCUT2D eigenvalue weighted by Crippen LogP contribution is 2.19. The Balaban J connectivity index is 3.02. The Morgan fingerprint density at radius 3 is 2.32 bits per heavy atom. The average molecular weight is 414 g/mol. The molecule has 1 atom stereocenters. The number of imide groups is 1. The molecule has 0 aromatic heterocycles. The zero-order chi connectivity index (χ0) is 21.3. The lowest BCUT2D eigenvalue weighted by Gasteiger charge is -2.30. The number of carbonyl (C=O) groups is 3. The topological polar surface area (TPSA) is 125 Å². The van der Waals surface area contributed by atoms with E-state index in [2.05, 4.69) is 0 Å². The van der Waals surface area contributed by atoms with Gasteiger partial charge in [0, 0.05) is 10.6 Å². The van der Waals surface area contributed by atoms with Gasteiger partial charge in [0.1, 0.15) is 18.2 Å². The van der Waals surface area contributed by atoms with Gasteiger partial charge in [0.25, 0.3) is 0 Å². The summed E-state index contributed by atoms with van der Waals surface area (Å²) in [7, 11) is 0. The predicted octanol–water partition coefficient (Wildman–Crippen LogP) is 3.20. The highest BCUT2D eigenvalue weighted by molar-refractivity contribution is 6.31. The largest absolute Gasteiger partial charge is 0.444 e. The van der Waals surface area contributed by atoms with Gasteiger partial charge < -0.3 is 20.9 Å². The number of carbonyl (C=O) groups excluding carboxylic acids is 3. The smallest absolute Gasteiger partial charge is 0.420 e. The normalized spacial score (nSPS) is 12.2. The first-order valence-corrected chi connectivity index (χ1v) is 9.36. The molecule has 0 saturated heterocycles. The molecule has 1 aromatic carbocycles. The van der Waals surface area contributed by atoms with Crippen molar-refractivity contribution < 1.29 is 23.9 Å². The van der Waals surface area contributed by atoms with Crippen molar-refractivity contribution in [1.82, 2.24) is 4.90 Å². The molecule has 0 bridgehead atoms. The summed E-state index contributed by atoms with van der Waals surface area (Å²) in [6.07, 6.45) is -0.770. The fraction of sp³-hybridized carbons (Fsp3) is 0.526. The lowest BCUT2D eigenvalue weighted by atomic mass is 10.1. The molecule has 3 amide bonds. The van der Waals surface area contributed by atoms with Gasteiger partial charge in [0.2, 0.25) is 5.91 Å². The number of unbranched alkanes of at least 4 members (excludes halogenated alkanes) is 1. The molecule has 0 aliphatic rings. The van der Waals surface area contributed by atoms with Crippen LogP contribution in [0.15, 0.2) is 24.3 Å². The molecule has 0 aliphatic heterocycles. The molecule has 156 valence electrons. The third-order valence-corrected chi connectivity index (χ3v) is 4.04. The van der Waals surface area contributed by atoms with Crippen LogP contribution in [0.2, 0.25) is 5.02 Å². The van der Waals surface area contributed by atoms with Gasteiger partial charge in [-0.3, -0.25) is 4.79 Å². The van der Waals surface area contributed by atoms with Crippen molar-refractivity contribution in [3.05, 3.63) is 34.9 Å². The molecule has 0 saturated carbocycles.